The van der Waals surface area contributed by atoms with Crippen LogP contribution in [0, 0.1) is 5.92 Å². The van der Waals surface area contributed by atoms with Crippen LogP contribution in [0.15, 0.2) is 0 Å². The van der Waals surface area contributed by atoms with Crippen molar-refractivity contribution in [2.75, 3.05) is 0 Å². The zero-order valence-corrected chi connectivity index (χ0v) is 15.0. The Kier molecular flexibility index (Phi) is 12.7. The number of rotatable bonds is 14. The molecule has 5 heteroatoms. The van der Waals surface area contributed by atoms with E-state index in [2.05, 4.69) is 13.8 Å². The molecule has 0 bridgehead atoms. The Morgan fingerprint density at radius 1 is 0.857 bits per heavy atom. The minimum absolute atomic E-state index is 0.260. The van der Waals surface area contributed by atoms with Crippen LogP contribution in [-0.2, 0) is 9.09 Å². The van der Waals surface area contributed by atoms with Gasteiger partial charge in [0, 0.05) is 0 Å². The predicted octanol–water partition coefficient (Wildman–Crippen LogP) is 5.43. The van der Waals surface area contributed by atoms with Crippen LogP contribution in [0.4, 0.5) is 0 Å². The highest BCUT2D eigenvalue weighted by Gasteiger charge is 2.25. The summed E-state index contributed by atoms with van der Waals surface area (Å²) >= 11 is 0. The van der Waals surface area contributed by atoms with Crippen molar-refractivity contribution in [3.05, 3.63) is 0 Å². The van der Waals surface area contributed by atoms with Crippen LogP contribution in [0.2, 0.25) is 0 Å². The van der Waals surface area contributed by atoms with Crippen molar-refractivity contribution in [2.24, 2.45) is 5.92 Å². The van der Waals surface area contributed by atoms with Crippen molar-refractivity contribution >= 4 is 7.82 Å². The van der Waals surface area contributed by atoms with Gasteiger partial charge in [-0.1, -0.05) is 71.6 Å². The molecule has 21 heavy (non-hydrogen) atoms. The van der Waals surface area contributed by atoms with Crippen LogP contribution in [-0.4, -0.2) is 15.9 Å². The lowest BCUT2D eigenvalue weighted by Crippen LogP contribution is -2.20. The Labute approximate surface area is 130 Å². The van der Waals surface area contributed by atoms with Crippen molar-refractivity contribution < 1.29 is 18.9 Å². The number of hydrogen-bond acceptors (Lipinski definition) is 2. The molecule has 0 heterocycles. The third kappa shape index (κ3) is 13.5. The maximum absolute atomic E-state index is 11.0. The molecule has 0 saturated heterocycles. The Morgan fingerprint density at radius 2 is 1.29 bits per heavy atom. The van der Waals surface area contributed by atoms with E-state index in [1.54, 1.807) is 6.92 Å². The van der Waals surface area contributed by atoms with Crippen LogP contribution < -0.4 is 0 Å². The molecule has 0 aliphatic heterocycles. The van der Waals surface area contributed by atoms with Crippen molar-refractivity contribution in [2.45, 2.75) is 97.5 Å². The summed E-state index contributed by atoms with van der Waals surface area (Å²) in [6, 6.07) is 0. The molecule has 0 rings (SSSR count). The van der Waals surface area contributed by atoms with E-state index in [1.807, 2.05) is 0 Å². The molecule has 0 aromatic rings. The van der Waals surface area contributed by atoms with Gasteiger partial charge in [-0.15, -0.1) is 0 Å². The van der Waals surface area contributed by atoms with E-state index in [4.69, 9.17) is 14.3 Å². The molecule has 2 atom stereocenters. The molecular formula is C16H35O4P. The summed E-state index contributed by atoms with van der Waals surface area (Å²) in [6.45, 7) is 6.19. The molecule has 2 N–H and O–H groups in total. The molecule has 4 nitrogen and oxygen atoms in total. The van der Waals surface area contributed by atoms with Gasteiger partial charge >= 0.3 is 7.82 Å². The normalized spacial score (nSPS) is 15.1. The van der Waals surface area contributed by atoms with Gasteiger partial charge in [0.25, 0.3) is 0 Å². The molecule has 0 fully saturated rings. The molecule has 0 amide bonds. The van der Waals surface area contributed by atoms with Crippen molar-refractivity contribution in [1.29, 1.82) is 0 Å². The maximum Gasteiger partial charge on any atom is 0.469 e. The summed E-state index contributed by atoms with van der Waals surface area (Å²) < 4.78 is 15.9. The molecular weight excluding hydrogens is 287 g/mol. The number of phosphoric acid groups is 1. The molecule has 2 unspecified atom stereocenters. The lowest BCUT2D eigenvalue weighted by atomic mass is 9.90. The second kappa shape index (κ2) is 12.6. The van der Waals surface area contributed by atoms with Gasteiger partial charge in [-0.05, 0) is 25.7 Å². The first kappa shape index (κ1) is 21.1. The fourth-order valence-electron chi connectivity index (χ4n) is 2.76. The second-order valence-corrected chi connectivity index (χ2v) is 7.31. The quantitative estimate of drug-likeness (QED) is 0.330. The first-order chi connectivity index (χ1) is 9.90. The highest BCUT2D eigenvalue weighted by Crippen LogP contribution is 2.40. The van der Waals surface area contributed by atoms with E-state index in [-0.39, 0.29) is 12.0 Å². The first-order valence-corrected chi connectivity index (χ1v) is 10.2. The minimum Gasteiger partial charge on any atom is -0.303 e. The monoisotopic (exact) mass is 322 g/mol. The summed E-state index contributed by atoms with van der Waals surface area (Å²) in [5.41, 5.74) is 0. The average molecular weight is 322 g/mol. The van der Waals surface area contributed by atoms with Gasteiger partial charge in [0.1, 0.15) is 0 Å². The average Bonchev–Trinajstić information content (AvgIpc) is 2.38. The Morgan fingerprint density at radius 3 is 1.71 bits per heavy atom. The smallest absolute Gasteiger partial charge is 0.303 e. The molecule has 0 spiro atoms. The van der Waals surface area contributed by atoms with Crippen LogP contribution in [0.25, 0.3) is 0 Å². The Bertz CT molecular complexity index is 277. The lowest BCUT2D eigenvalue weighted by Gasteiger charge is -2.24. The highest BCUT2D eigenvalue weighted by atomic mass is 31.2. The molecule has 0 aromatic carbocycles. The van der Waals surface area contributed by atoms with Crippen LogP contribution in [0.5, 0.6) is 0 Å². The van der Waals surface area contributed by atoms with Gasteiger partial charge in [-0.3, -0.25) is 4.52 Å². The standard InChI is InChI=1S/C16H35O4P/c1-4-6-8-10-12-14-16(13-11-9-7-5-2)15(3)20-21(17,18)19/h15-16H,4-14H2,1-3H3,(H2,17,18,19). The summed E-state index contributed by atoms with van der Waals surface area (Å²) in [5, 5.41) is 0. The number of hydrogen-bond donors (Lipinski definition) is 2. The molecule has 128 valence electrons. The first-order valence-electron chi connectivity index (χ1n) is 8.64. The van der Waals surface area contributed by atoms with Gasteiger partial charge < -0.3 is 9.79 Å². The van der Waals surface area contributed by atoms with Crippen molar-refractivity contribution in [3.8, 4) is 0 Å². The van der Waals surface area contributed by atoms with Crippen LogP contribution in [0.3, 0.4) is 0 Å². The summed E-state index contributed by atoms with van der Waals surface area (Å²) in [6.07, 6.45) is 12.5. The van der Waals surface area contributed by atoms with Gasteiger partial charge in [0.15, 0.2) is 0 Å². The fourth-order valence-corrected chi connectivity index (χ4v) is 3.37. The van der Waals surface area contributed by atoms with Crippen molar-refractivity contribution in [3.63, 3.8) is 0 Å². The third-order valence-electron chi connectivity index (χ3n) is 4.07. The van der Waals surface area contributed by atoms with Gasteiger partial charge in [0.2, 0.25) is 0 Å². The van der Waals surface area contributed by atoms with E-state index in [0.29, 0.717) is 0 Å². The second-order valence-electron chi connectivity index (χ2n) is 6.11. The maximum atomic E-state index is 11.0. The molecule has 0 aliphatic carbocycles. The summed E-state index contributed by atoms with van der Waals surface area (Å²) in [4.78, 5) is 18.0. The van der Waals surface area contributed by atoms with Gasteiger partial charge in [-0.2, -0.15) is 0 Å². The highest BCUT2D eigenvalue weighted by molar-refractivity contribution is 7.46. The molecule has 0 saturated carbocycles. The van der Waals surface area contributed by atoms with E-state index in [1.165, 1.54) is 44.9 Å². The largest absolute Gasteiger partial charge is 0.469 e. The molecule has 0 radical (unpaired) electrons. The van der Waals surface area contributed by atoms with Crippen molar-refractivity contribution in [1.82, 2.24) is 0 Å². The number of unbranched alkanes of at least 4 members (excludes halogenated alkanes) is 7. The van der Waals surface area contributed by atoms with E-state index < -0.39 is 7.82 Å². The SMILES string of the molecule is CCCCCCCC(CCCCCC)C(C)OP(=O)(O)O. The lowest BCUT2D eigenvalue weighted by molar-refractivity contribution is 0.0907. The van der Waals surface area contributed by atoms with E-state index in [9.17, 15) is 4.57 Å². The van der Waals surface area contributed by atoms with E-state index in [0.717, 1.165) is 25.7 Å². The summed E-state index contributed by atoms with van der Waals surface area (Å²) in [5.74, 6) is 0.260. The van der Waals surface area contributed by atoms with Crippen LogP contribution >= 0.6 is 7.82 Å². The fraction of sp³-hybridized carbons (Fsp3) is 1.00. The molecule has 0 aromatic heterocycles. The Balaban J connectivity index is 4.16. The summed E-state index contributed by atoms with van der Waals surface area (Å²) in [7, 11) is -4.37. The van der Waals surface area contributed by atoms with Crippen LogP contribution in [0.1, 0.15) is 91.4 Å². The third-order valence-corrected chi connectivity index (χ3v) is 4.68. The topological polar surface area (TPSA) is 66.8 Å². The molecule has 0 aliphatic rings. The number of phosphoric ester groups is 1. The zero-order chi connectivity index (χ0) is 16.1. The van der Waals surface area contributed by atoms with Gasteiger partial charge in [-0.25, -0.2) is 4.57 Å². The zero-order valence-electron chi connectivity index (χ0n) is 14.1. The van der Waals surface area contributed by atoms with Gasteiger partial charge in [0.05, 0.1) is 6.10 Å². The predicted molar refractivity (Wildman–Crippen MR) is 88.2 cm³/mol. The minimum atomic E-state index is -4.37. The Hall–Kier alpha value is 0.110. The van der Waals surface area contributed by atoms with E-state index >= 15 is 0 Å².